The van der Waals surface area contributed by atoms with Crippen molar-refractivity contribution in [2.24, 2.45) is 0 Å². The van der Waals surface area contributed by atoms with E-state index in [0.29, 0.717) is 10.0 Å². The van der Waals surface area contributed by atoms with Crippen LogP contribution in [0.5, 0.6) is 0 Å². The molecule has 9 heteroatoms. The molecule has 0 saturated heterocycles. The number of benzene rings is 1. The smallest absolute Gasteiger partial charge is 0.252 e. The standard InChI is InChI=1S/C14H14BrClN2O3S2/c1-9-7-10(15)3-4-11(9)17-13(19)8-18(2)23(20,21)14-6-5-12(16)22-14/h3-7H,8H2,1-2H3,(H,17,19). The van der Waals surface area contributed by atoms with Crippen molar-refractivity contribution in [1.82, 2.24) is 4.31 Å². The van der Waals surface area contributed by atoms with E-state index in [1.54, 1.807) is 12.1 Å². The highest BCUT2D eigenvalue weighted by Gasteiger charge is 2.24. The van der Waals surface area contributed by atoms with Gasteiger partial charge in [0.2, 0.25) is 5.91 Å². The maximum atomic E-state index is 12.3. The summed E-state index contributed by atoms with van der Waals surface area (Å²) in [4.78, 5) is 12.1. The molecule has 0 spiro atoms. The summed E-state index contributed by atoms with van der Waals surface area (Å²) in [5.74, 6) is -0.413. The van der Waals surface area contributed by atoms with Gasteiger partial charge < -0.3 is 5.32 Å². The van der Waals surface area contributed by atoms with Crippen molar-refractivity contribution in [1.29, 1.82) is 0 Å². The minimum Gasteiger partial charge on any atom is -0.325 e. The molecule has 0 saturated carbocycles. The number of nitrogens with one attached hydrogen (secondary N) is 1. The van der Waals surface area contributed by atoms with E-state index in [-0.39, 0.29) is 10.8 Å². The lowest BCUT2D eigenvalue weighted by molar-refractivity contribution is -0.116. The molecular formula is C14H14BrClN2O3S2. The fourth-order valence-electron chi connectivity index (χ4n) is 1.83. The Morgan fingerprint density at radius 2 is 2.04 bits per heavy atom. The first-order chi connectivity index (χ1) is 10.7. The van der Waals surface area contributed by atoms with E-state index >= 15 is 0 Å². The number of carbonyl (C=O) groups excluding carboxylic acids is 1. The van der Waals surface area contributed by atoms with Gasteiger partial charge in [-0.25, -0.2) is 8.42 Å². The van der Waals surface area contributed by atoms with Gasteiger partial charge in [-0.15, -0.1) is 11.3 Å². The van der Waals surface area contributed by atoms with Gasteiger partial charge in [0.25, 0.3) is 10.0 Å². The molecule has 0 bridgehead atoms. The third-order valence-electron chi connectivity index (χ3n) is 3.04. The van der Waals surface area contributed by atoms with E-state index in [4.69, 9.17) is 11.6 Å². The summed E-state index contributed by atoms with van der Waals surface area (Å²) in [6.07, 6.45) is 0. The van der Waals surface area contributed by atoms with Crippen molar-refractivity contribution in [2.45, 2.75) is 11.1 Å². The monoisotopic (exact) mass is 436 g/mol. The topological polar surface area (TPSA) is 66.5 Å². The highest BCUT2D eigenvalue weighted by molar-refractivity contribution is 9.10. The largest absolute Gasteiger partial charge is 0.325 e. The second-order valence-electron chi connectivity index (χ2n) is 4.83. The molecule has 5 nitrogen and oxygen atoms in total. The van der Waals surface area contributed by atoms with Crippen LogP contribution in [0.15, 0.2) is 39.0 Å². The third kappa shape index (κ3) is 4.54. The van der Waals surface area contributed by atoms with Crippen molar-refractivity contribution in [3.05, 3.63) is 44.7 Å². The molecule has 1 amide bonds. The van der Waals surface area contributed by atoms with Crippen LogP contribution >= 0.6 is 38.9 Å². The molecule has 0 atom stereocenters. The molecular weight excluding hydrogens is 424 g/mol. The summed E-state index contributed by atoms with van der Waals surface area (Å²) in [6.45, 7) is 1.57. The third-order valence-corrected chi connectivity index (χ3v) is 7.04. The average Bonchev–Trinajstić information content (AvgIpc) is 2.89. The first-order valence-electron chi connectivity index (χ1n) is 6.48. The van der Waals surface area contributed by atoms with E-state index < -0.39 is 15.9 Å². The Hall–Kier alpha value is -0.930. The summed E-state index contributed by atoms with van der Waals surface area (Å²) in [7, 11) is -2.37. The van der Waals surface area contributed by atoms with Crippen molar-refractivity contribution < 1.29 is 13.2 Å². The zero-order valence-corrected chi connectivity index (χ0v) is 16.3. The number of anilines is 1. The Balaban J connectivity index is 2.07. The van der Waals surface area contributed by atoms with Gasteiger partial charge in [-0.2, -0.15) is 4.31 Å². The van der Waals surface area contributed by atoms with Crippen LogP contribution in [-0.4, -0.2) is 32.2 Å². The molecule has 1 aromatic carbocycles. The van der Waals surface area contributed by atoms with Gasteiger partial charge in [0.1, 0.15) is 4.21 Å². The quantitative estimate of drug-likeness (QED) is 0.775. The Kier molecular flexibility index (Phi) is 5.85. The molecule has 1 aromatic heterocycles. The Labute approximate surface area is 152 Å². The Morgan fingerprint density at radius 3 is 2.61 bits per heavy atom. The first-order valence-corrected chi connectivity index (χ1v) is 9.90. The SMILES string of the molecule is Cc1cc(Br)ccc1NC(=O)CN(C)S(=O)(=O)c1ccc(Cl)s1. The van der Waals surface area contributed by atoms with Crippen molar-refractivity contribution in [3.63, 3.8) is 0 Å². The van der Waals surface area contributed by atoms with Gasteiger partial charge in [-0.1, -0.05) is 27.5 Å². The fourth-order valence-corrected chi connectivity index (χ4v) is 5.13. The zero-order chi connectivity index (χ0) is 17.2. The van der Waals surface area contributed by atoms with E-state index in [1.807, 2.05) is 13.0 Å². The number of thiophene rings is 1. The number of hydrogen-bond donors (Lipinski definition) is 1. The van der Waals surface area contributed by atoms with Gasteiger partial charge in [0.15, 0.2) is 0 Å². The van der Waals surface area contributed by atoms with E-state index in [9.17, 15) is 13.2 Å². The number of halogens is 2. The van der Waals surface area contributed by atoms with Gasteiger partial charge in [-0.3, -0.25) is 4.79 Å². The number of aryl methyl sites for hydroxylation is 1. The number of hydrogen-bond acceptors (Lipinski definition) is 4. The molecule has 1 heterocycles. The molecule has 1 N–H and O–H groups in total. The number of amides is 1. The molecule has 124 valence electrons. The van der Waals surface area contributed by atoms with Crippen LogP contribution in [0.3, 0.4) is 0 Å². The number of nitrogens with zero attached hydrogens (tertiary/aromatic N) is 1. The molecule has 0 aliphatic rings. The fraction of sp³-hybridized carbons (Fsp3) is 0.214. The average molecular weight is 438 g/mol. The minimum atomic E-state index is -3.72. The predicted octanol–water partition coefficient (Wildman–Crippen LogP) is 3.73. The second kappa shape index (κ2) is 7.31. The van der Waals surface area contributed by atoms with Crippen molar-refractivity contribution in [2.75, 3.05) is 18.9 Å². The molecule has 2 aromatic rings. The molecule has 0 aliphatic heterocycles. The van der Waals surface area contributed by atoms with Crippen molar-refractivity contribution >= 4 is 60.5 Å². The normalized spacial score (nSPS) is 11.7. The molecule has 2 rings (SSSR count). The summed E-state index contributed by atoms with van der Waals surface area (Å²) in [5.41, 5.74) is 1.52. The van der Waals surface area contributed by atoms with Gasteiger partial charge in [0.05, 0.1) is 10.9 Å². The predicted molar refractivity (Wildman–Crippen MR) is 96.7 cm³/mol. The lowest BCUT2D eigenvalue weighted by atomic mass is 10.2. The number of sulfonamides is 1. The lowest BCUT2D eigenvalue weighted by Gasteiger charge is -2.16. The van der Waals surface area contributed by atoms with Crippen LogP contribution in [0.2, 0.25) is 4.34 Å². The van der Waals surface area contributed by atoms with Crippen LogP contribution in [0, 0.1) is 6.92 Å². The zero-order valence-electron chi connectivity index (χ0n) is 12.3. The highest BCUT2D eigenvalue weighted by atomic mass is 79.9. The summed E-state index contributed by atoms with van der Waals surface area (Å²) in [5, 5.41) is 2.71. The molecule has 0 unspecified atom stereocenters. The van der Waals surface area contributed by atoms with Crippen LogP contribution in [0.4, 0.5) is 5.69 Å². The number of rotatable bonds is 5. The maximum Gasteiger partial charge on any atom is 0.252 e. The highest BCUT2D eigenvalue weighted by Crippen LogP contribution is 2.27. The van der Waals surface area contributed by atoms with E-state index in [0.717, 1.165) is 25.7 Å². The van der Waals surface area contributed by atoms with Gasteiger partial charge in [0, 0.05) is 17.2 Å². The number of carbonyl (C=O) groups is 1. The first kappa shape index (κ1) is 18.4. The molecule has 0 aliphatic carbocycles. The van der Waals surface area contributed by atoms with Crippen LogP contribution < -0.4 is 5.32 Å². The summed E-state index contributed by atoms with van der Waals surface area (Å²) >= 11 is 10.1. The lowest BCUT2D eigenvalue weighted by Crippen LogP contribution is -2.34. The van der Waals surface area contributed by atoms with Gasteiger partial charge in [-0.05, 0) is 42.8 Å². The maximum absolute atomic E-state index is 12.3. The molecule has 0 fully saturated rings. The van der Waals surface area contributed by atoms with E-state index in [1.165, 1.54) is 19.2 Å². The molecule has 0 radical (unpaired) electrons. The van der Waals surface area contributed by atoms with Crippen molar-refractivity contribution in [3.8, 4) is 0 Å². The molecule has 23 heavy (non-hydrogen) atoms. The Morgan fingerprint density at radius 1 is 1.35 bits per heavy atom. The van der Waals surface area contributed by atoms with Crippen LogP contribution in [0.1, 0.15) is 5.56 Å². The summed E-state index contributed by atoms with van der Waals surface area (Å²) in [6, 6.07) is 8.36. The number of likely N-dealkylation sites (N-methyl/N-ethyl adjacent to an activating group) is 1. The van der Waals surface area contributed by atoms with Crippen LogP contribution in [0.25, 0.3) is 0 Å². The van der Waals surface area contributed by atoms with Crippen LogP contribution in [-0.2, 0) is 14.8 Å². The minimum absolute atomic E-state index is 0.109. The Bertz CT molecular complexity index is 836. The van der Waals surface area contributed by atoms with E-state index in [2.05, 4.69) is 21.2 Å². The summed E-state index contributed by atoms with van der Waals surface area (Å²) < 4.78 is 27.1. The van der Waals surface area contributed by atoms with Gasteiger partial charge >= 0.3 is 0 Å². The second-order valence-corrected chi connectivity index (χ2v) is 9.73.